The Morgan fingerprint density at radius 1 is 1.33 bits per heavy atom. The summed E-state index contributed by atoms with van der Waals surface area (Å²) in [6, 6.07) is 2.35. The van der Waals surface area contributed by atoms with E-state index in [1.54, 1.807) is 6.20 Å². The number of thiazole rings is 1. The Hall–Kier alpha value is -1.84. The highest BCUT2D eigenvalue weighted by atomic mass is 32.2. The van der Waals surface area contributed by atoms with Gasteiger partial charge >= 0.3 is 5.97 Å². The average Bonchev–Trinajstić information content (AvgIpc) is 2.93. The maximum atomic E-state index is 12.0. The fourth-order valence-corrected chi connectivity index (χ4v) is 3.32. The third-order valence-corrected chi connectivity index (χ3v) is 5.16. The molecule has 0 aromatic carbocycles. The molecular formula is C12H13N3O4S2. The topological polar surface area (TPSA) is 109 Å². The Bertz CT molecular complexity index is 738. The van der Waals surface area contributed by atoms with Crippen molar-refractivity contribution in [3.63, 3.8) is 0 Å². The van der Waals surface area contributed by atoms with Gasteiger partial charge in [0, 0.05) is 17.3 Å². The number of aromatic carboxylic acids is 1. The van der Waals surface area contributed by atoms with E-state index >= 15 is 0 Å². The lowest BCUT2D eigenvalue weighted by Crippen LogP contribution is -2.23. The number of hydrogen-bond donors (Lipinski definition) is 2. The molecule has 0 saturated carbocycles. The van der Waals surface area contributed by atoms with E-state index in [1.807, 2.05) is 6.92 Å². The number of carboxylic acid groups (broad SMARTS) is 1. The standard InChI is InChI=1S/C12H13N3O4S2/c1-2-8-5-14-11(20-8)7-15-21(18,19)9-3-4-10(12(16)17)13-6-9/h3-6,15H,2,7H2,1H3,(H,16,17). The molecule has 9 heteroatoms. The average molecular weight is 327 g/mol. The molecule has 0 aliphatic heterocycles. The van der Waals surface area contributed by atoms with Crippen molar-refractivity contribution in [2.75, 3.05) is 0 Å². The molecule has 0 fully saturated rings. The molecule has 0 unspecified atom stereocenters. The number of sulfonamides is 1. The van der Waals surface area contributed by atoms with Crippen LogP contribution in [0.25, 0.3) is 0 Å². The van der Waals surface area contributed by atoms with Gasteiger partial charge in [0.05, 0.1) is 6.54 Å². The number of nitrogens with one attached hydrogen (secondary N) is 1. The van der Waals surface area contributed by atoms with Gasteiger partial charge in [0.15, 0.2) is 0 Å². The summed E-state index contributed by atoms with van der Waals surface area (Å²) in [4.78, 5) is 19.4. The lowest BCUT2D eigenvalue weighted by Gasteiger charge is -2.05. The van der Waals surface area contributed by atoms with Crippen molar-refractivity contribution in [3.8, 4) is 0 Å². The first-order chi connectivity index (χ1) is 9.92. The van der Waals surface area contributed by atoms with E-state index in [0.717, 1.165) is 23.6 Å². The monoisotopic (exact) mass is 327 g/mol. The van der Waals surface area contributed by atoms with Gasteiger partial charge in [-0.1, -0.05) is 6.92 Å². The molecule has 0 spiro atoms. The predicted molar refractivity (Wildman–Crippen MR) is 76.7 cm³/mol. The van der Waals surface area contributed by atoms with Gasteiger partial charge in [-0.05, 0) is 18.6 Å². The van der Waals surface area contributed by atoms with E-state index < -0.39 is 16.0 Å². The van der Waals surface area contributed by atoms with Gasteiger partial charge < -0.3 is 5.11 Å². The summed E-state index contributed by atoms with van der Waals surface area (Å²) in [5.41, 5.74) is -0.207. The molecule has 2 aromatic rings. The van der Waals surface area contributed by atoms with Gasteiger partial charge in [0.2, 0.25) is 10.0 Å². The first-order valence-corrected chi connectivity index (χ1v) is 8.35. The van der Waals surface area contributed by atoms with E-state index in [9.17, 15) is 13.2 Å². The van der Waals surface area contributed by atoms with Crippen molar-refractivity contribution in [1.29, 1.82) is 0 Å². The lowest BCUT2D eigenvalue weighted by molar-refractivity contribution is 0.0690. The third kappa shape index (κ3) is 3.84. The second kappa shape index (κ2) is 6.29. The van der Waals surface area contributed by atoms with E-state index in [0.29, 0.717) is 5.01 Å². The maximum absolute atomic E-state index is 12.0. The molecule has 0 bridgehead atoms. The highest BCUT2D eigenvalue weighted by Crippen LogP contribution is 2.14. The molecule has 0 radical (unpaired) electrons. The van der Waals surface area contributed by atoms with Crippen LogP contribution in [-0.4, -0.2) is 29.5 Å². The smallest absolute Gasteiger partial charge is 0.354 e. The molecule has 0 saturated heterocycles. The van der Waals surface area contributed by atoms with Crippen molar-refractivity contribution in [2.45, 2.75) is 24.8 Å². The second-order valence-electron chi connectivity index (χ2n) is 4.08. The summed E-state index contributed by atoms with van der Waals surface area (Å²) < 4.78 is 26.5. The molecular weight excluding hydrogens is 314 g/mol. The first-order valence-electron chi connectivity index (χ1n) is 6.05. The molecule has 2 heterocycles. The van der Waals surface area contributed by atoms with Crippen molar-refractivity contribution in [3.05, 3.63) is 40.1 Å². The van der Waals surface area contributed by atoms with Crippen LogP contribution in [0.5, 0.6) is 0 Å². The zero-order valence-electron chi connectivity index (χ0n) is 11.1. The number of nitrogens with zero attached hydrogens (tertiary/aromatic N) is 2. The molecule has 0 amide bonds. The normalized spacial score (nSPS) is 11.5. The van der Waals surface area contributed by atoms with Gasteiger partial charge in [-0.25, -0.2) is 27.9 Å². The van der Waals surface area contributed by atoms with Gasteiger partial charge in [0.1, 0.15) is 15.6 Å². The van der Waals surface area contributed by atoms with Crippen molar-refractivity contribution < 1.29 is 18.3 Å². The van der Waals surface area contributed by atoms with Crippen molar-refractivity contribution in [1.82, 2.24) is 14.7 Å². The van der Waals surface area contributed by atoms with Crippen LogP contribution in [-0.2, 0) is 23.0 Å². The highest BCUT2D eigenvalue weighted by molar-refractivity contribution is 7.89. The Kier molecular flexibility index (Phi) is 4.66. The third-order valence-electron chi connectivity index (χ3n) is 2.63. The van der Waals surface area contributed by atoms with Crippen LogP contribution >= 0.6 is 11.3 Å². The SMILES string of the molecule is CCc1cnc(CNS(=O)(=O)c2ccc(C(=O)O)nc2)s1. The molecule has 2 aromatic heterocycles. The Morgan fingerprint density at radius 2 is 2.10 bits per heavy atom. The predicted octanol–water partition coefficient (Wildman–Crippen LogP) is 1.28. The quantitative estimate of drug-likeness (QED) is 0.827. The van der Waals surface area contributed by atoms with E-state index in [2.05, 4.69) is 14.7 Å². The maximum Gasteiger partial charge on any atom is 0.354 e. The molecule has 2 rings (SSSR count). The second-order valence-corrected chi connectivity index (χ2v) is 7.05. The Morgan fingerprint density at radius 3 is 2.62 bits per heavy atom. The molecule has 7 nitrogen and oxygen atoms in total. The fourth-order valence-electron chi connectivity index (χ4n) is 1.50. The van der Waals surface area contributed by atoms with Crippen molar-refractivity contribution >= 4 is 27.3 Å². The van der Waals surface area contributed by atoms with Gasteiger partial charge in [-0.15, -0.1) is 11.3 Å². The summed E-state index contributed by atoms with van der Waals surface area (Å²) in [6.45, 7) is 2.09. The van der Waals surface area contributed by atoms with Crippen LogP contribution in [0, 0.1) is 0 Å². The molecule has 0 aliphatic carbocycles. The minimum Gasteiger partial charge on any atom is -0.477 e. The van der Waals surface area contributed by atoms with Crippen LogP contribution in [0.1, 0.15) is 27.3 Å². The number of aromatic nitrogens is 2. The van der Waals surface area contributed by atoms with E-state index in [4.69, 9.17) is 5.11 Å². The van der Waals surface area contributed by atoms with Crippen LogP contribution in [0.15, 0.2) is 29.4 Å². The molecule has 112 valence electrons. The first kappa shape index (κ1) is 15.5. The minimum absolute atomic E-state index is 0.0835. The summed E-state index contributed by atoms with van der Waals surface area (Å²) in [6.07, 6.45) is 3.59. The van der Waals surface area contributed by atoms with Crippen LogP contribution in [0.4, 0.5) is 0 Å². The van der Waals surface area contributed by atoms with Crippen LogP contribution < -0.4 is 4.72 Å². The number of aryl methyl sites for hydroxylation is 1. The Labute approximate surface area is 125 Å². The lowest BCUT2D eigenvalue weighted by atomic mass is 10.4. The van der Waals surface area contributed by atoms with Crippen LogP contribution in [0.3, 0.4) is 0 Å². The molecule has 2 N–H and O–H groups in total. The van der Waals surface area contributed by atoms with E-state index in [-0.39, 0.29) is 17.1 Å². The zero-order valence-corrected chi connectivity index (χ0v) is 12.7. The Balaban J connectivity index is 2.09. The van der Waals surface area contributed by atoms with Gasteiger partial charge in [-0.2, -0.15) is 0 Å². The number of hydrogen-bond acceptors (Lipinski definition) is 6. The van der Waals surface area contributed by atoms with E-state index in [1.165, 1.54) is 17.4 Å². The summed E-state index contributed by atoms with van der Waals surface area (Å²) in [5.74, 6) is -1.21. The minimum atomic E-state index is -3.74. The molecule has 21 heavy (non-hydrogen) atoms. The molecule has 0 atom stereocenters. The van der Waals surface area contributed by atoms with Crippen LogP contribution in [0.2, 0.25) is 0 Å². The summed E-state index contributed by atoms with van der Waals surface area (Å²) >= 11 is 1.44. The van der Waals surface area contributed by atoms with Gasteiger partial charge in [0.25, 0.3) is 0 Å². The largest absolute Gasteiger partial charge is 0.477 e. The number of pyridine rings is 1. The number of rotatable bonds is 6. The fraction of sp³-hybridized carbons (Fsp3) is 0.250. The number of carbonyl (C=O) groups is 1. The number of carboxylic acids is 1. The highest BCUT2D eigenvalue weighted by Gasteiger charge is 2.16. The van der Waals surface area contributed by atoms with Gasteiger partial charge in [-0.3, -0.25) is 0 Å². The summed E-state index contributed by atoms with van der Waals surface area (Å²) in [7, 11) is -3.74. The zero-order chi connectivity index (χ0) is 15.5. The molecule has 0 aliphatic rings. The van der Waals surface area contributed by atoms with Crippen molar-refractivity contribution in [2.24, 2.45) is 0 Å². The summed E-state index contributed by atoms with van der Waals surface area (Å²) in [5, 5.41) is 9.39.